The van der Waals surface area contributed by atoms with Crippen LogP contribution in [0.4, 0.5) is 0 Å². The second-order valence-corrected chi connectivity index (χ2v) is 11.3. The molecular formula is C26H28N2P2. The molecule has 0 fully saturated rings. The predicted molar refractivity (Wildman–Crippen MR) is 137 cm³/mol. The van der Waals surface area contributed by atoms with Crippen molar-refractivity contribution in [3.8, 4) is 0 Å². The van der Waals surface area contributed by atoms with Crippen LogP contribution in [0.25, 0.3) is 0 Å². The van der Waals surface area contributed by atoms with Crippen molar-refractivity contribution >= 4 is 37.1 Å². The Morgan fingerprint density at radius 1 is 0.400 bits per heavy atom. The van der Waals surface area contributed by atoms with Crippen molar-refractivity contribution in [2.45, 2.75) is 0 Å². The van der Waals surface area contributed by atoms with E-state index in [0.29, 0.717) is 0 Å². The lowest BCUT2D eigenvalue weighted by atomic mass is 10.4. The van der Waals surface area contributed by atoms with Gasteiger partial charge in [-0.25, -0.2) is 0 Å². The van der Waals surface area contributed by atoms with Crippen LogP contribution in [0.3, 0.4) is 0 Å². The fraction of sp³-hybridized carbons (Fsp3) is 0. The minimum atomic E-state index is -0.664. The summed E-state index contributed by atoms with van der Waals surface area (Å²) in [5.74, 6) is 0. The molecule has 0 saturated carbocycles. The van der Waals surface area contributed by atoms with E-state index in [1.807, 2.05) is 0 Å². The SMILES string of the molecule is C=C(P(c1ccccc1)c1ccccc1)P(c1ccccc1)c1ccccc1.N.N. The molecule has 0 spiro atoms. The maximum atomic E-state index is 4.72. The fourth-order valence-electron chi connectivity index (χ4n) is 3.30. The minimum absolute atomic E-state index is 0. The fourth-order valence-corrected chi connectivity index (χ4v) is 9.16. The summed E-state index contributed by atoms with van der Waals surface area (Å²) in [6, 6.07) is 43.4. The molecular weight excluding hydrogens is 402 g/mol. The first kappa shape index (κ1) is 23.7. The van der Waals surface area contributed by atoms with Crippen LogP contribution in [-0.4, -0.2) is 0 Å². The Labute approximate surface area is 182 Å². The molecule has 0 aliphatic rings. The van der Waals surface area contributed by atoms with Gasteiger partial charge in [0.25, 0.3) is 0 Å². The second-order valence-electron chi connectivity index (χ2n) is 6.43. The molecule has 0 aliphatic carbocycles. The van der Waals surface area contributed by atoms with Gasteiger partial charge in [-0.1, -0.05) is 128 Å². The molecule has 0 bridgehead atoms. The molecule has 152 valence electrons. The highest BCUT2D eigenvalue weighted by Gasteiger charge is 2.26. The van der Waals surface area contributed by atoms with Gasteiger partial charge in [-0.3, -0.25) is 0 Å². The van der Waals surface area contributed by atoms with E-state index in [9.17, 15) is 0 Å². The predicted octanol–water partition coefficient (Wildman–Crippen LogP) is 6.05. The van der Waals surface area contributed by atoms with Gasteiger partial charge in [0.2, 0.25) is 0 Å². The summed E-state index contributed by atoms with van der Waals surface area (Å²) in [6.45, 7) is 4.72. The van der Waals surface area contributed by atoms with Crippen molar-refractivity contribution in [3.05, 3.63) is 133 Å². The van der Waals surface area contributed by atoms with Gasteiger partial charge in [0.1, 0.15) is 0 Å². The smallest absolute Gasteiger partial charge is 0.0118 e. The van der Waals surface area contributed by atoms with Gasteiger partial charge in [0.15, 0.2) is 0 Å². The van der Waals surface area contributed by atoms with Gasteiger partial charge in [0, 0.05) is 0 Å². The summed E-state index contributed by atoms with van der Waals surface area (Å²) in [5, 5.41) is 6.74. The molecule has 30 heavy (non-hydrogen) atoms. The van der Waals surface area contributed by atoms with Crippen molar-refractivity contribution < 1.29 is 0 Å². The van der Waals surface area contributed by atoms with Crippen LogP contribution in [-0.2, 0) is 0 Å². The van der Waals surface area contributed by atoms with Crippen LogP contribution in [0, 0.1) is 0 Å². The van der Waals surface area contributed by atoms with Crippen LogP contribution in [0.15, 0.2) is 133 Å². The highest BCUT2D eigenvalue weighted by atomic mass is 31.2. The molecule has 0 aromatic heterocycles. The van der Waals surface area contributed by atoms with E-state index < -0.39 is 15.8 Å². The standard InChI is InChI=1S/C26H22P2.2H3N/c1-22(27(23-14-6-2-7-15-23)24-16-8-3-9-17-24)28(25-18-10-4-11-19-25)26-20-12-5-13-21-26;;/h2-21H,1H2;2*1H3. The van der Waals surface area contributed by atoms with Gasteiger partial charge in [0.05, 0.1) is 0 Å². The Hall–Kier alpha value is -2.60. The molecule has 4 aromatic rings. The average Bonchev–Trinajstić information content (AvgIpc) is 2.77. The zero-order chi connectivity index (χ0) is 19.2. The Morgan fingerprint density at radius 2 is 0.600 bits per heavy atom. The third kappa shape index (κ3) is 5.30. The first-order valence-electron chi connectivity index (χ1n) is 9.34. The van der Waals surface area contributed by atoms with Crippen molar-refractivity contribution in [1.82, 2.24) is 12.3 Å². The molecule has 2 nitrogen and oxygen atoms in total. The highest BCUT2D eigenvalue weighted by Crippen LogP contribution is 2.58. The lowest BCUT2D eigenvalue weighted by Gasteiger charge is -2.29. The second kappa shape index (κ2) is 11.6. The number of benzene rings is 4. The van der Waals surface area contributed by atoms with E-state index in [1.54, 1.807) is 0 Å². The summed E-state index contributed by atoms with van der Waals surface area (Å²) in [7, 11) is -1.33. The topological polar surface area (TPSA) is 70.0 Å². The van der Waals surface area contributed by atoms with Gasteiger partial charge in [-0.05, 0) is 42.1 Å². The van der Waals surface area contributed by atoms with E-state index >= 15 is 0 Å². The first-order valence-corrected chi connectivity index (χ1v) is 12.0. The molecule has 4 aromatic carbocycles. The molecule has 4 rings (SSSR count). The summed E-state index contributed by atoms with van der Waals surface area (Å²) in [4.78, 5) is 0. The largest absolute Gasteiger partial charge is 0.344 e. The van der Waals surface area contributed by atoms with Gasteiger partial charge >= 0.3 is 0 Å². The average molecular weight is 430 g/mol. The van der Waals surface area contributed by atoms with Crippen LogP contribution in [0.1, 0.15) is 0 Å². The van der Waals surface area contributed by atoms with E-state index in [1.165, 1.54) is 26.3 Å². The van der Waals surface area contributed by atoms with Crippen LogP contribution in [0.2, 0.25) is 0 Å². The summed E-state index contributed by atoms with van der Waals surface area (Å²) < 4.78 is 0. The quantitative estimate of drug-likeness (QED) is 0.366. The normalized spacial score (nSPS) is 10.2. The van der Waals surface area contributed by atoms with Gasteiger partial charge in [-0.2, -0.15) is 0 Å². The Bertz CT molecular complexity index is 860. The monoisotopic (exact) mass is 430 g/mol. The molecule has 0 heterocycles. The zero-order valence-electron chi connectivity index (χ0n) is 17.1. The van der Waals surface area contributed by atoms with Gasteiger partial charge < -0.3 is 12.3 Å². The molecule has 6 N–H and O–H groups in total. The maximum absolute atomic E-state index is 4.72. The lowest BCUT2D eigenvalue weighted by Crippen LogP contribution is -2.18. The summed E-state index contributed by atoms with van der Waals surface area (Å²) in [5.41, 5.74) is 0. The zero-order valence-corrected chi connectivity index (χ0v) is 18.9. The van der Waals surface area contributed by atoms with Crippen molar-refractivity contribution in [2.24, 2.45) is 0 Å². The maximum Gasteiger partial charge on any atom is -0.0118 e. The van der Waals surface area contributed by atoms with E-state index in [-0.39, 0.29) is 12.3 Å². The van der Waals surface area contributed by atoms with Crippen molar-refractivity contribution in [3.63, 3.8) is 0 Å². The third-order valence-electron chi connectivity index (χ3n) is 4.57. The molecule has 0 aliphatic heterocycles. The van der Waals surface area contributed by atoms with E-state index in [4.69, 9.17) is 6.58 Å². The van der Waals surface area contributed by atoms with Crippen molar-refractivity contribution in [2.75, 3.05) is 0 Å². The molecule has 0 amide bonds. The molecule has 0 atom stereocenters. The Kier molecular flexibility index (Phi) is 9.12. The number of hydrogen-bond acceptors (Lipinski definition) is 2. The lowest BCUT2D eigenvalue weighted by molar-refractivity contribution is 1.74. The van der Waals surface area contributed by atoms with E-state index in [0.717, 1.165) is 0 Å². The van der Waals surface area contributed by atoms with Gasteiger partial charge in [-0.15, -0.1) is 0 Å². The van der Waals surface area contributed by atoms with E-state index in [2.05, 4.69) is 121 Å². The van der Waals surface area contributed by atoms with Crippen molar-refractivity contribution in [1.29, 1.82) is 0 Å². The minimum Gasteiger partial charge on any atom is -0.344 e. The molecule has 0 radical (unpaired) electrons. The molecule has 0 saturated heterocycles. The Morgan fingerprint density at radius 3 is 0.800 bits per heavy atom. The molecule has 4 heteroatoms. The summed E-state index contributed by atoms with van der Waals surface area (Å²) in [6.07, 6.45) is 0. The molecule has 0 unspecified atom stereocenters. The van der Waals surface area contributed by atoms with Crippen LogP contribution < -0.4 is 33.5 Å². The Balaban J connectivity index is 0.00000160. The number of hydrogen-bond donors (Lipinski definition) is 2. The number of rotatable bonds is 6. The van der Waals surface area contributed by atoms with Crippen LogP contribution >= 0.6 is 15.8 Å². The first-order chi connectivity index (χ1) is 13.8. The highest BCUT2D eigenvalue weighted by molar-refractivity contribution is 7.94. The summed E-state index contributed by atoms with van der Waals surface area (Å²) >= 11 is 0. The third-order valence-corrected chi connectivity index (χ3v) is 10.1. The van der Waals surface area contributed by atoms with Crippen LogP contribution in [0.5, 0.6) is 0 Å².